The SMILES string of the molecule is COC(=O)CC1(O)CCC(C2=C(Br)C(=N)[N+]3(C)N=CC(c4c#[n+]c(-c5ccccc5)cc4)=C3N2)CC1. The van der Waals surface area contributed by atoms with Gasteiger partial charge in [-0.25, -0.2) is 5.41 Å². The third kappa shape index (κ3) is 4.26. The van der Waals surface area contributed by atoms with Crippen molar-refractivity contribution in [3.05, 3.63) is 70.2 Å². The minimum atomic E-state index is -1.05. The Kier molecular flexibility index (Phi) is 6.29. The highest BCUT2D eigenvalue weighted by atomic mass is 79.9. The number of esters is 1. The summed E-state index contributed by atoms with van der Waals surface area (Å²) in [6.07, 6.45) is 7.27. The Morgan fingerprint density at radius 3 is 2.67 bits per heavy atom. The normalized spacial score (nSPS) is 27.4. The summed E-state index contributed by atoms with van der Waals surface area (Å²) >= 11 is 3.64. The van der Waals surface area contributed by atoms with Crippen molar-refractivity contribution < 1.29 is 24.2 Å². The van der Waals surface area contributed by atoms with Crippen molar-refractivity contribution in [2.45, 2.75) is 37.7 Å². The molecule has 3 aliphatic rings. The van der Waals surface area contributed by atoms with Gasteiger partial charge in [0.15, 0.2) is 0 Å². The number of aliphatic hydroxyl groups is 1. The molecule has 36 heavy (non-hydrogen) atoms. The summed E-state index contributed by atoms with van der Waals surface area (Å²) in [6, 6.07) is 13.9. The highest BCUT2D eigenvalue weighted by Gasteiger charge is 2.49. The van der Waals surface area contributed by atoms with Gasteiger partial charge in [-0.05, 0) is 64.8 Å². The Hall–Kier alpha value is -3.32. The van der Waals surface area contributed by atoms with Crippen LogP contribution in [0.3, 0.4) is 0 Å². The van der Waals surface area contributed by atoms with E-state index in [-0.39, 0.29) is 16.9 Å². The van der Waals surface area contributed by atoms with E-state index in [0.29, 0.717) is 36.0 Å². The molecule has 0 saturated heterocycles. The number of halogens is 1. The number of allylic oxidation sites excluding steroid dienone is 2. The number of hydrogen-bond donors (Lipinski definition) is 3. The number of methoxy groups -OCH3 is 1. The van der Waals surface area contributed by atoms with Crippen LogP contribution < -0.4 is 10.3 Å². The molecule has 9 heteroatoms. The second-order valence-electron chi connectivity index (χ2n) is 9.64. The van der Waals surface area contributed by atoms with Crippen molar-refractivity contribution in [3.8, 4) is 11.3 Å². The summed E-state index contributed by atoms with van der Waals surface area (Å²) in [5, 5.41) is 28.0. The molecule has 1 atom stereocenters. The number of fused-ring (bicyclic) bond motifs is 1. The molecule has 1 fully saturated rings. The van der Waals surface area contributed by atoms with E-state index in [4.69, 9.17) is 10.1 Å². The Balaban J connectivity index is 1.41. The van der Waals surface area contributed by atoms with E-state index in [0.717, 1.165) is 33.9 Å². The topological polar surface area (TPSA) is 109 Å². The van der Waals surface area contributed by atoms with Gasteiger partial charge in [-0.1, -0.05) is 23.3 Å². The first-order chi connectivity index (χ1) is 17.2. The number of nitrogens with zero attached hydrogens (tertiary/aromatic N) is 3. The zero-order valence-electron chi connectivity index (χ0n) is 20.2. The molecular weight excluding hydrogens is 522 g/mol. The quantitative estimate of drug-likeness (QED) is 0.390. The Morgan fingerprint density at radius 1 is 1.31 bits per heavy atom. The molecule has 1 unspecified atom stereocenters. The van der Waals surface area contributed by atoms with Crippen LogP contribution in [-0.4, -0.2) is 47.5 Å². The minimum absolute atomic E-state index is 0.000399. The van der Waals surface area contributed by atoms with Gasteiger partial charge in [-0.3, -0.25) is 4.79 Å². The van der Waals surface area contributed by atoms with E-state index < -0.39 is 11.6 Å². The highest BCUT2D eigenvalue weighted by molar-refractivity contribution is 9.12. The average molecular weight is 550 g/mol. The van der Waals surface area contributed by atoms with Gasteiger partial charge in [-0.15, -0.1) is 4.59 Å². The number of carbonyl (C=O) groups excluding carboxylic acids is 1. The molecule has 0 spiro atoms. The molecule has 0 bridgehead atoms. The standard InChI is InChI=1S/C27H28BrN5O3/c1-33-25(29)23(28)24(18-10-12-27(35,13-11-18)14-22(34)36-2)32-26(33)20(16-31-33)19-8-9-21(30-15-19)17-6-4-3-5-7-17/h3-9,16,18,29,32,35H,10-14H2,1-2H3/q+2. The third-order valence-corrected chi connectivity index (χ3v) is 8.13. The van der Waals surface area contributed by atoms with Crippen molar-refractivity contribution in [2.75, 3.05) is 14.2 Å². The van der Waals surface area contributed by atoms with Crippen LogP contribution in [0.5, 0.6) is 0 Å². The summed E-state index contributed by atoms with van der Waals surface area (Å²) < 4.78 is 5.39. The summed E-state index contributed by atoms with van der Waals surface area (Å²) in [4.78, 5) is 16.3. The van der Waals surface area contributed by atoms with Crippen LogP contribution in [0.4, 0.5) is 0 Å². The summed E-state index contributed by atoms with van der Waals surface area (Å²) in [5.41, 5.74) is 3.35. The fourth-order valence-corrected chi connectivity index (χ4v) is 5.86. The first-order valence-electron chi connectivity index (χ1n) is 11.9. The van der Waals surface area contributed by atoms with E-state index in [2.05, 4.69) is 37.5 Å². The number of nitrogens with one attached hydrogen (secondary N) is 2. The van der Waals surface area contributed by atoms with Gasteiger partial charge in [0.2, 0.25) is 5.82 Å². The molecule has 8 nitrogen and oxygen atoms in total. The number of quaternary nitrogens is 1. The molecule has 0 amide bonds. The molecule has 1 aliphatic carbocycles. The van der Waals surface area contributed by atoms with Crippen molar-refractivity contribution in [1.82, 2.24) is 5.32 Å². The Labute approximate surface area is 218 Å². The second-order valence-corrected chi connectivity index (χ2v) is 10.4. The van der Waals surface area contributed by atoms with E-state index in [9.17, 15) is 9.90 Å². The second kappa shape index (κ2) is 9.28. The molecule has 1 aromatic carbocycles. The number of hydrogen-bond acceptors (Lipinski definition) is 6. The maximum absolute atomic E-state index is 11.7. The Bertz CT molecular complexity index is 1290. The van der Waals surface area contributed by atoms with Crippen molar-refractivity contribution in [3.63, 3.8) is 0 Å². The van der Waals surface area contributed by atoms with Crippen LogP contribution >= 0.6 is 15.9 Å². The largest absolute Gasteiger partial charge is 0.469 e. The van der Waals surface area contributed by atoms with Gasteiger partial charge in [0, 0.05) is 17.7 Å². The summed E-state index contributed by atoms with van der Waals surface area (Å²) in [5.74, 6) is 0.805. The number of carbonyl (C=O) groups is 1. The van der Waals surface area contributed by atoms with Gasteiger partial charge < -0.3 is 15.2 Å². The molecule has 5 rings (SSSR count). The van der Waals surface area contributed by atoms with Gasteiger partial charge in [0.1, 0.15) is 28.9 Å². The van der Waals surface area contributed by atoms with Crippen LogP contribution in [0.25, 0.3) is 16.8 Å². The first-order valence-corrected chi connectivity index (χ1v) is 12.7. The zero-order chi connectivity index (χ0) is 25.5. The fourth-order valence-electron chi connectivity index (χ4n) is 5.09. The average Bonchev–Trinajstić information content (AvgIpc) is 3.24. The van der Waals surface area contributed by atoms with E-state index in [1.807, 2.05) is 49.5 Å². The van der Waals surface area contributed by atoms with Crippen LogP contribution in [0, 0.1) is 17.5 Å². The number of rotatable bonds is 5. The smallest absolute Gasteiger partial charge is 0.347 e. The maximum atomic E-state index is 11.7. The van der Waals surface area contributed by atoms with Crippen molar-refractivity contribution >= 4 is 39.5 Å². The van der Waals surface area contributed by atoms with Crippen molar-refractivity contribution in [1.29, 1.82) is 5.41 Å². The van der Waals surface area contributed by atoms with Gasteiger partial charge in [-0.2, -0.15) is 0 Å². The van der Waals surface area contributed by atoms with Gasteiger partial charge in [0.25, 0.3) is 5.84 Å². The third-order valence-electron chi connectivity index (χ3n) is 7.33. The number of aromatic nitrogens is 1. The number of amidine groups is 1. The Morgan fingerprint density at radius 2 is 2.03 bits per heavy atom. The fraction of sp³-hybridized carbons (Fsp3) is 0.333. The summed E-state index contributed by atoms with van der Waals surface area (Å²) in [7, 11) is 3.21. The predicted octanol–water partition coefficient (Wildman–Crippen LogP) is 3.54. The van der Waals surface area contributed by atoms with E-state index >= 15 is 0 Å². The monoisotopic (exact) mass is 549 g/mol. The molecular formula is C27H28BrN5O3+2. The molecule has 0 radical (unpaired) electrons. The van der Waals surface area contributed by atoms with E-state index in [1.54, 1.807) is 6.21 Å². The number of ether oxygens (including phenoxy) is 1. The molecule has 3 N–H and O–H groups in total. The lowest BCUT2D eigenvalue weighted by Crippen LogP contribution is -2.51. The number of benzene rings is 1. The lowest BCUT2D eigenvalue weighted by Gasteiger charge is -2.39. The molecule has 3 heterocycles. The van der Waals surface area contributed by atoms with E-state index in [1.165, 1.54) is 7.11 Å². The van der Waals surface area contributed by atoms with Gasteiger partial charge >= 0.3 is 17.9 Å². The number of likely N-dealkylation sites (N-methyl/N-ethyl adjacent to an activating group) is 1. The molecule has 1 aromatic heterocycles. The molecule has 184 valence electrons. The van der Waals surface area contributed by atoms with Gasteiger partial charge in [0.05, 0.1) is 24.7 Å². The predicted molar refractivity (Wildman–Crippen MR) is 138 cm³/mol. The maximum Gasteiger partial charge on any atom is 0.347 e. The lowest BCUT2D eigenvalue weighted by atomic mass is 9.75. The van der Waals surface area contributed by atoms with Crippen molar-refractivity contribution in [2.24, 2.45) is 11.0 Å². The highest BCUT2D eigenvalue weighted by Crippen LogP contribution is 2.43. The lowest BCUT2D eigenvalue weighted by molar-refractivity contribution is -0.788. The van der Waals surface area contributed by atoms with Crippen LogP contribution in [-0.2, 0) is 9.53 Å². The van der Waals surface area contributed by atoms with Crippen LogP contribution in [0.1, 0.15) is 37.7 Å². The first kappa shape index (κ1) is 24.4. The van der Waals surface area contributed by atoms with Crippen LogP contribution in [0.2, 0.25) is 0 Å². The van der Waals surface area contributed by atoms with Crippen LogP contribution in [0.15, 0.2) is 63.6 Å². The summed E-state index contributed by atoms with van der Waals surface area (Å²) in [6.45, 7) is 0. The molecule has 1 saturated carbocycles. The molecule has 2 aromatic rings. The molecule has 2 aliphatic heterocycles. The zero-order valence-corrected chi connectivity index (χ0v) is 21.8. The minimum Gasteiger partial charge on any atom is -0.469 e.